The van der Waals surface area contributed by atoms with Gasteiger partial charge in [-0.3, -0.25) is 4.79 Å². The maximum absolute atomic E-state index is 12.8. The Morgan fingerprint density at radius 3 is 2.57 bits per heavy atom. The van der Waals surface area contributed by atoms with E-state index in [4.69, 9.17) is 18.9 Å². The van der Waals surface area contributed by atoms with Crippen LogP contribution in [0.1, 0.15) is 43.0 Å². The summed E-state index contributed by atoms with van der Waals surface area (Å²) in [6, 6.07) is 6.41. The maximum Gasteiger partial charge on any atom is 0.409 e. The molecule has 162 valence electrons. The number of hydrogen-bond donors (Lipinski definition) is 0. The molecule has 1 fully saturated rings. The molecular formula is C22H27NO7. The van der Waals surface area contributed by atoms with Gasteiger partial charge < -0.3 is 23.8 Å². The number of Topliss-reactive ketones (excluding diaryl/α,β-unsaturated/α-hetero) is 1. The quantitative estimate of drug-likeness (QED) is 0.656. The number of carbonyl (C=O) groups is 3. The molecule has 1 saturated carbocycles. The van der Waals surface area contributed by atoms with Gasteiger partial charge in [-0.05, 0) is 43.5 Å². The van der Waals surface area contributed by atoms with Gasteiger partial charge in [0.15, 0.2) is 0 Å². The zero-order valence-electron chi connectivity index (χ0n) is 17.5. The number of fused-ring (bicyclic) bond motifs is 1. The van der Waals surface area contributed by atoms with Gasteiger partial charge in [0, 0.05) is 20.5 Å². The van der Waals surface area contributed by atoms with E-state index < -0.39 is 12.1 Å². The van der Waals surface area contributed by atoms with E-state index in [1.165, 1.54) is 11.2 Å². The third kappa shape index (κ3) is 5.11. The molecule has 2 aliphatic rings. The number of ether oxygens (including phenoxy) is 4. The smallest absolute Gasteiger partial charge is 0.409 e. The lowest BCUT2D eigenvalue weighted by molar-refractivity contribution is -0.132. The van der Waals surface area contributed by atoms with E-state index in [1.807, 2.05) is 6.92 Å². The molecule has 8 nitrogen and oxygen atoms in total. The van der Waals surface area contributed by atoms with Crippen molar-refractivity contribution in [3.63, 3.8) is 0 Å². The Hall–Kier alpha value is -3.03. The van der Waals surface area contributed by atoms with Gasteiger partial charge in [-0.15, -0.1) is 0 Å². The second-order valence-electron chi connectivity index (χ2n) is 7.60. The van der Waals surface area contributed by atoms with Crippen LogP contribution in [-0.2, 0) is 19.0 Å². The van der Waals surface area contributed by atoms with E-state index in [9.17, 15) is 14.4 Å². The molecule has 3 atom stereocenters. The van der Waals surface area contributed by atoms with Crippen molar-refractivity contribution in [3.05, 3.63) is 41.9 Å². The maximum atomic E-state index is 12.8. The van der Waals surface area contributed by atoms with Gasteiger partial charge in [-0.1, -0.05) is 6.92 Å². The second kappa shape index (κ2) is 9.65. The molecule has 0 spiro atoms. The Morgan fingerprint density at radius 2 is 1.90 bits per heavy atom. The lowest BCUT2D eigenvalue weighted by Crippen LogP contribution is -2.43. The molecule has 8 heteroatoms. The molecule has 3 unspecified atom stereocenters. The average molecular weight is 417 g/mol. The lowest BCUT2D eigenvalue weighted by atomic mass is 9.80. The first kappa shape index (κ1) is 21.7. The van der Waals surface area contributed by atoms with Crippen LogP contribution in [0.4, 0.5) is 4.79 Å². The van der Waals surface area contributed by atoms with Crippen molar-refractivity contribution < 1.29 is 33.3 Å². The van der Waals surface area contributed by atoms with Gasteiger partial charge in [-0.25, -0.2) is 9.59 Å². The number of allylic oxidation sites excluding steroid dienone is 1. The number of carbonyl (C=O) groups excluding carboxylic acids is 3. The Bertz CT molecular complexity index is 815. The SMILES string of the molecule is CCCOC(=O)c1ccc(OC2=COC3CC(OC(=O)N(C)C)CCC3C2=O)cc1. The van der Waals surface area contributed by atoms with Crippen LogP contribution < -0.4 is 4.74 Å². The zero-order chi connectivity index (χ0) is 21.7. The summed E-state index contributed by atoms with van der Waals surface area (Å²) in [6.45, 7) is 2.29. The van der Waals surface area contributed by atoms with Crippen molar-refractivity contribution in [2.75, 3.05) is 20.7 Å². The van der Waals surface area contributed by atoms with Gasteiger partial charge in [0.05, 0.1) is 18.1 Å². The molecule has 3 rings (SSSR count). The Balaban J connectivity index is 1.59. The minimum atomic E-state index is -0.401. The van der Waals surface area contributed by atoms with Gasteiger partial charge in [0.25, 0.3) is 0 Å². The van der Waals surface area contributed by atoms with E-state index in [0.29, 0.717) is 37.2 Å². The molecule has 1 aromatic rings. The molecular weight excluding hydrogens is 390 g/mol. The molecule has 1 aromatic carbocycles. The summed E-state index contributed by atoms with van der Waals surface area (Å²) in [6.07, 6.45) is 2.68. The minimum absolute atomic E-state index is 0.126. The number of esters is 1. The van der Waals surface area contributed by atoms with Gasteiger partial charge in [-0.2, -0.15) is 0 Å². The predicted octanol–water partition coefficient (Wildman–Crippen LogP) is 3.31. The van der Waals surface area contributed by atoms with E-state index in [2.05, 4.69) is 0 Å². The summed E-state index contributed by atoms with van der Waals surface area (Å²) in [4.78, 5) is 37.8. The minimum Gasteiger partial charge on any atom is -0.493 e. The molecule has 0 N–H and O–H groups in total. The fourth-order valence-corrected chi connectivity index (χ4v) is 3.43. The molecule has 30 heavy (non-hydrogen) atoms. The number of nitrogens with zero attached hydrogens (tertiary/aromatic N) is 1. The molecule has 1 heterocycles. The summed E-state index contributed by atoms with van der Waals surface area (Å²) in [5.74, 6) is -0.300. The highest BCUT2D eigenvalue weighted by molar-refractivity contribution is 5.96. The second-order valence-corrected chi connectivity index (χ2v) is 7.60. The van der Waals surface area contributed by atoms with Crippen molar-refractivity contribution in [3.8, 4) is 5.75 Å². The van der Waals surface area contributed by atoms with Crippen molar-refractivity contribution in [1.82, 2.24) is 4.90 Å². The van der Waals surface area contributed by atoms with Crippen molar-refractivity contribution in [2.45, 2.75) is 44.8 Å². The van der Waals surface area contributed by atoms with Crippen LogP contribution in [0.25, 0.3) is 0 Å². The van der Waals surface area contributed by atoms with E-state index in [-0.39, 0.29) is 29.7 Å². The Kier molecular flexibility index (Phi) is 6.97. The third-order valence-corrected chi connectivity index (χ3v) is 5.06. The molecule has 1 amide bonds. The summed E-state index contributed by atoms with van der Waals surface area (Å²) in [5, 5.41) is 0. The van der Waals surface area contributed by atoms with Gasteiger partial charge in [0.1, 0.15) is 24.2 Å². The van der Waals surface area contributed by atoms with Gasteiger partial charge in [0.2, 0.25) is 11.5 Å². The highest BCUT2D eigenvalue weighted by atomic mass is 16.6. The third-order valence-electron chi connectivity index (χ3n) is 5.06. The standard InChI is InChI=1S/C22H27NO7/c1-4-11-27-21(25)14-5-7-15(8-6-14)29-19-13-28-18-12-16(30-22(26)23(2)3)9-10-17(18)20(19)24/h5-8,13,16-18H,4,9-12H2,1-3H3. The Morgan fingerprint density at radius 1 is 1.17 bits per heavy atom. The van der Waals surface area contributed by atoms with Crippen LogP contribution in [0.2, 0.25) is 0 Å². The molecule has 0 aromatic heterocycles. The van der Waals surface area contributed by atoms with Crippen LogP contribution in [0, 0.1) is 5.92 Å². The van der Waals surface area contributed by atoms with Crippen LogP contribution in [-0.4, -0.2) is 55.7 Å². The number of hydrogen-bond acceptors (Lipinski definition) is 7. The number of ketones is 1. The molecule has 1 aliphatic heterocycles. The topological polar surface area (TPSA) is 91.4 Å². The number of benzene rings is 1. The highest BCUT2D eigenvalue weighted by Gasteiger charge is 2.42. The highest BCUT2D eigenvalue weighted by Crippen LogP contribution is 2.35. The first-order valence-corrected chi connectivity index (χ1v) is 10.1. The van der Waals surface area contributed by atoms with E-state index >= 15 is 0 Å². The predicted molar refractivity (Wildman–Crippen MR) is 107 cm³/mol. The molecule has 1 aliphatic carbocycles. The lowest BCUT2D eigenvalue weighted by Gasteiger charge is -2.37. The van der Waals surface area contributed by atoms with E-state index in [1.54, 1.807) is 38.4 Å². The van der Waals surface area contributed by atoms with Crippen LogP contribution in [0.3, 0.4) is 0 Å². The number of amides is 1. The Labute approximate surface area is 175 Å². The first-order valence-electron chi connectivity index (χ1n) is 10.1. The molecule has 0 saturated heterocycles. The van der Waals surface area contributed by atoms with Crippen molar-refractivity contribution in [1.29, 1.82) is 0 Å². The van der Waals surface area contributed by atoms with Gasteiger partial charge >= 0.3 is 12.1 Å². The van der Waals surface area contributed by atoms with Crippen LogP contribution in [0.5, 0.6) is 5.75 Å². The fraction of sp³-hybridized carbons (Fsp3) is 0.500. The summed E-state index contributed by atoms with van der Waals surface area (Å²) < 4.78 is 21.9. The van der Waals surface area contributed by atoms with Crippen molar-refractivity contribution >= 4 is 17.8 Å². The van der Waals surface area contributed by atoms with E-state index in [0.717, 1.165) is 6.42 Å². The zero-order valence-corrected chi connectivity index (χ0v) is 17.5. The van der Waals surface area contributed by atoms with Crippen LogP contribution >= 0.6 is 0 Å². The molecule has 0 radical (unpaired) electrons. The number of rotatable bonds is 6. The first-order chi connectivity index (χ1) is 14.4. The average Bonchev–Trinajstić information content (AvgIpc) is 2.74. The molecule has 0 bridgehead atoms. The fourth-order valence-electron chi connectivity index (χ4n) is 3.43. The normalized spacial score (nSPS) is 22.8. The van der Waals surface area contributed by atoms with Crippen LogP contribution in [0.15, 0.2) is 36.3 Å². The monoisotopic (exact) mass is 417 g/mol. The van der Waals surface area contributed by atoms with Crippen molar-refractivity contribution in [2.24, 2.45) is 5.92 Å². The summed E-state index contributed by atoms with van der Waals surface area (Å²) in [7, 11) is 3.25. The largest absolute Gasteiger partial charge is 0.493 e. The summed E-state index contributed by atoms with van der Waals surface area (Å²) in [5.41, 5.74) is 0.418. The summed E-state index contributed by atoms with van der Waals surface area (Å²) >= 11 is 0.